The molecule has 2 aliphatic rings. The molecule has 23 heavy (non-hydrogen) atoms. The van der Waals surface area contributed by atoms with Gasteiger partial charge in [0.15, 0.2) is 0 Å². The van der Waals surface area contributed by atoms with Crippen molar-refractivity contribution >= 4 is 17.5 Å². The van der Waals surface area contributed by atoms with E-state index in [0.717, 1.165) is 11.3 Å². The lowest BCUT2D eigenvalue weighted by atomic mass is 10.1. The van der Waals surface area contributed by atoms with Crippen molar-refractivity contribution < 1.29 is 14.3 Å². The third-order valence-corrected chi connectivity index (χ3v) is 4.55. The highest BCUT2D eigenvalue weighted by Gasteiger charge is 2.38. The zero-order valence-corrected chi connectivity index (χ0v) is 14.0. The van der Waals surface area contributed by atoms with Gasteiger partial charge in [0.1, 0.15) is 0 Å². The molecule has 3 atom stereocenters. The molecule has 0 aliphatic carbocycles. The van der Waals surface area contributed by atoms with Crippen molar-refractivity contribution in [1.29, 1.82) is 0 Å². The third-order valence-electron chi connectivity index (χ3n) is 4.55. The highest BCUT2D eigenvalue weighted by molar-refractivity contribution is 6.00. The molecule has 2 saturated heterocycles. The number of nitrogens with zero attached hydrogens (tertiary/aromatic N) is 2. The Hall–Kier alpha value is -1.88. The summed E-state index contributed by atoms with van der Waals surface area (Å²) in [5.41, 5.74) is 2.03. The second-order valence-electron chi connectivity index (χ2n) is 6.74. The number of ether oxygens (including phenoxy) is 1. The SMILES string of the molecule is Cc1ccc(N2C[C@H](C(=O)N3C[C@@H](C)O[C@H](C)C3)CC2=O)cc1. The van der Waals surface area contributed by atoms with Crippen LogP contribution < -0.4 is 4.90 Å². The number of carbonyl (C=O) groups excluding carboxylic acids is 2. The summed E-state index contributed by atoms with van der Waals surface area (Å²) in [6.45, 7) is 7.67. The fourth-order valence-corrected chi connectivity index (χ4v) is 3.46. The molecule has 5 nitrogen and oxygen atoms in total. The Morgan fingerprint density at radius 1 is 1.09 bits per heavy atom. The standard InChI is InChI=1S/C18H24N2O3/c1-12-4-6-16(7-5-12)20-11-15(8-17(20)21)18(22)19-9-13(2)23-14(3)10-19/h4-7,13-15H,8-11H2,1-3H3/t13-,14-,15-/m1/s1. The van der Waals surface area contributed by atoms with Gasteiger partial charge in [-0.1, -0.05) is 17.7 Å². The van der Waals surface area contributed by atoms with E-state index < -0.39 is 0 Å². The number of benzene rings is 1. The van der Waals surface area contributed by atoms with E-state index in [9.17, 15) is 9.59 Å². The van der Waals surface area contributed by atoms with Crippen LogP contribution in [0.1, 0.15) is 25.8 Å². The average Bonchev–Trinajstić information content (AvgIpc) is 2.88. The van der Waals surface area contributed by atoms with Gasteiger partial charge in [0, 0.05) is 31.7 Å². The topological polar surface area (TPSA) is 49.9 Å². The fraction of sp³-hybridized carbons (Fsp3) is 0.556. The smallest absolute Gasteiger partial charge is 0.228 e. The Morgan fingerprint density at radius 3 is 2.30 bits per heavy atom. The van der Waals surface area contributed by atoms with Gasteiger partial charge in [0.2, 0.25) is 11.8 Å². The molecule has 0 radical (unpaired) electrons. The summed E-state index contributed by atoms with van der Waals surface area (Å²) in [4.78, 5) is 28.7. The maximum absolute atomic E-state index is 12.8. The number of carbonyl (C=O) groups is 2. The first-order valence-corrected chi connectivity index (χ1v) is 8.25. The van der Waals surface area contributed by atoms with E-state index in [4.69, 9.17) is 4.74 Å². The predicted molar refractivity (Wildman–Crippen MR) is 88.2 cm³/mol. The van der Waals surface area contributed by atoms with Crippen molar-refractivity contribution in [3.05, 3.63) is 29.8 Å². The van der Waals surface area contributed by atoms with E-state index in [1.165, 1.54) is 0 Å². The van der Waals surface area contributed by atoms with E-state index in [1.54, 1.807) is 4.90 Å². The van der Waals surface area contributed by atoms with Crippen molar-refractivity contribution in [1.82, 2.24) is 4.90 Å². The lowest BCUT2D eigenvalue weighted by Crippen LogP contribution is -2.50. The van der Waals surface area contributed by atoms with Gasteiger partial charge in [0.05, 0.1) is 18.1 Å². The minimum absolute atomic E-state index is 0.0292. The lowest BCUT2D eigenvalue weighted by Gasteiger charge is -2.36. The molecule has 0 aromatic heterocycles. The van der Waals surface area contributed by atoms with Crippen LogP contribution in [0.15, 0.2) is 24.3 Å². The van der Waals surface area contributed by atoms with Gasteiger partial charge in [0.25, 0.3) is 0 Å². The van der Waals surface area contributed by atoms with Gasteiger partial charge in [-0.2, -0.15) is 0 Å². The molecule has 2 aliphatic heterocycles. The molecule has 0 spiro atoms. The number of morpholine rings is 1. The van der Waals surface area contributed by atoms with E-state index >= 15 is 0 Å². The van der Waals surface area contributed by atoms with Gasteiger partial charge < -0.3 is 14.5 Å². The molecule has 1 aromatic rings. The summed E-state index contributed by atoms with van der Waals surface area (Å²) in [5.74, 6) is -0.141. The van der Waals surface area contributed by atoms with Crippen LogP contribution in [0.2, 0.25) is 0 Å². The summed E-state index contributed by atoms with van der Waals surface area (Å²) in [6.07, 6.45) is 0.397. The van der Waals surface area contributed by atoms with Gasteiger partial charge in [-0.25, -0.2) is 0 Å². The van der Waals surface area contributed by atoms with Crippen molar-refractivity contribution in [3.8, 4) is 0 Å². The summed E-state index contributed by atoms with van der Waals surface area (Å²) in [6, 6.07) is 7.87. The molecule has 124 valence electrons. The Kier molecular flexibility index (Phi) is 4.39. The first-order valence-electron chi connectivity index (χ1n) is 8.25. The minimum atomic E-state index is -0.249. The molecule has 1 aromatic carbocycles. The van der Waals surface area contributed by atoms with E-state index in [0.29, 0.717) is 26.1 Å². The molecule has 0 unspecified atom stereocenters. The zero-order valence-electron chi connectivity index (χ0n) is 14.0. The quantitative estimate of drug-likeness (QED) is 0.838. The van der Waals surface area contributed by atoms with Crippen molar-refractivity contribution in [2.24, 2.45) is 5.92 Å². The minimum Gasteiger partial charge on any atom is -0.372 e. The van der Waals surface area contributed by atoms with Crippen molar-refractivity contribution in [3.63, 3.8) is 0 Å². The van der Waals surface area contributed by atoms with E-state index in [-0.39, 0.29) is 29.9 Å². The molecule has 2 fully saturated rings. The highest BCUT2D eigenvalue weighted by Crippen LogP contribution is 2.27. The van der Waals surface area contributed by atoms with Crippen LogP contribution in [0, 0.1) is 12.8 Å². The van der Waals surface area contributed by atoms with Gasteiger partial charge in [-0.3, -0.25) is 9.59 Å². The number of amides is 2. The summed E-state index contributed by atoms with van der Waals surface area (Å²) in [7, 11) is 0. The third kappa shape index (κ3) is 3.39. The highest BCUT2D eigenvalue weighted by atomic mass is 16.5. The maximum Gasteiger partial charge on any atom is 0.228 e. The van der Waals surface area contributed by atoms with Crippen molar-refractivity contribution in [2.75, 3.05) is 24.5 Å². The second kappa shape index (κ2) is 6.32. The van der Waals surface area contributed by atoms with Gasteiger partial charge >= 0.3 is 0 Å². The van der Waals surface area contributed by atoms with Crippen LogP contribution in [0.25, 0.3) is 0 Å². The normalized spacial score (nSPS) is 28.3. The largest absolute Gasteiger partial charge is 0.372 e. The monoisotopic (exact) mass is 316 g/mol. The first kappa shape index (κ1) is 16.0. The average molecular weight is 316 g/mol. The summed E-state index contributed by atoms with van der Waals surface area (Å²) >= 11 is 0. The number of aryl methyl sites for hydroxylation is 1. The Balaban J connectivity index is 1.69. The Morgan fingerprint density at radius 2 is 1.70 bits per heavy atom. The molecule has 0 bridgehead atoms. The molecule has 2 amide bonds. The molecule has 3 rings (SSSR count). The van der Waals surface area contributed by atoms with Crippen LogP contribution in [0.3, 0.4) is 0 Å². The number of rotatable bonds is 2. The fourth-order valence-electron chi connectivity index (χ4n) is 3.46. The molecular weight excluding hydrogens is 292 g/mol. The van der Waals surface area contributed by atoms with Crippen LogP contribution >= 0.6 is 0 Å². The molecular formula is C18H24N2O3. The molecule has 0 saturated carbocycles. The summed E-state index contributed by atoms with van der Waals surface area (Å²) in [5, 5.41) is 0. The summed E-state index contributed by atoms with van der Waals surface area (Å²) < 4.78 is 5.68. The van der Waals surface area contributed by atoms with Crippen LogP contribution in [-0.2, 0) is 14.3 Å². The van der Waals surface area contributed by atoms with E-state index in [1.807, 2.05) is 49.9 Å². The second-order valence-corrected chi connectivity index (χ2v) is 6.74. The molecule has 0 N–H and O–H groups in total. The van der Waals surface area contributed by atoms with E-state index in [2.05, 4.69) is 0 Å². The predicted octanol–water partition coefficient (Wildman–Crippen LogP) is 1.98. The van der Waals surface area contributed by atoms with Crippen LogP contribution in [-0.4, -0.2) is 48.6 Å². The zero-order chi connectivity index (χ0) is 16.6. The number of hydrogen-bond acceptors (Lipinski definition) is 3. The van der Waals surface area contributed by atoms with Crippen LogP contribution in [0.5, 0.6) is 0 Å². The van der Waals surface area contributed by atoms with Crippen molar-refractivity contribution in [2.45, 2.75) is 39.4 Å². The number of hydrogen-bond donors (Lipinski definition) is 0. The maximum atomic E-state index is 12.8. The first-order chi connectivity index (χ1) is 10.9. The van der Waals surface area contributed by atoms with Crippen LogP contribution in [0.4, 0.5) is 5.69 Å². The Labute approximate surface area is 137 Å². The van der Waals surface area contributed by atoms with Gasteiger partial charge in [-0.15, -0.1) is 0 Å². The number of anilines is 1. The Bertz CT molecular complexity index is 589. The lowest BCUT2D eigenvalue weighted by molar-refractivity contribution is -0.147. The molecule has 2 heterocycles. The molecule has 5 heteroatoms. The van der Waals surface area contributed by atoms with Gasteiger partial charge in [-0.05, 0) is 32.9 Å².